The number of hydrogen-bond donors (Lipinski definition) is 1. The van der Waals surface area contributed by atoms with Crippen LogP contribution in [0.2, 0.25) is 0 Å². The lowest BCUT2D eigenvalue weighted by Gasteiger charge is -2.37. The summed E-state index contributed by atoms with van der Waals surface area (Å²) < 4.78 is 30.7. The van der Waals surface area contributed by atoms with Crippen molar-refractivity contribution in [3.63, 3.8) is 0 Å². The van der Waals surface area contributed by atoms with Crippen molar-refractivity contribution in [1.29, 1.82) is 0 Å². The summed E-state index contributed by atoms with van der Waals surface area (Å²) in [5, 5.41) is 0. The highest BCUT2D eigenvalue weighted by Crippen LogP contribution is 2.23. The Kier molecular flexibility index (Phi) is 5.58. The highest BCUT2D eigenvalue weighted by molar-refractivity contribution is 7.88. The zero-order chi connectivity index (χ0) is 17.3. The molecular weight excluding hydrogens is 318 g/mol. The monoisotopic (exact) mass is 347 g/mol. The maximum Gasteiger partial charge on any atom is 0.410 e. The maximum atomic E-state index is 12.1. The number of carbonyl (C=O) groups is 1. The van der Waals surface area contributed by atoms with Crippen molar-refractivity contribution in [2.24, 2.45) is 0 Å². The van der Waals surface area contributed by atoms with Crippen LogP contribution in [0, 0.1) is 0 Å². The van der Waals surface area contributed by atoms with Crippen molar-refractivity contribution in [2.75, 3.05) is 32.4 Å². The minimum absolute atomic E-state index is 0.00823. The molecule has 2 heterocycles. The van der Waals surface area contributed by atoms with E-state index >= 15 is 0 Å². The summed E-state index contributed by atoms with van der Waals surface area (Å²) >= 11 is 0. The molecule has 7 nitrogen and oxygen atoms in total. The number of carbonyl (C=O) groups excluding carboxylic acids is 1. The van der Waals surface area contributed by atoms with Gasteiger partial charge in [0.2, 0.25) is 10.0 Å². The Morgan fingerprint density at radius 1 is 1.13 bits per heavy atom. The van der Waals surface area contributed by atoms with Crippen molar-refractivity contribution in [1.82, 2.24) is 14.5 Å². The average molecular weight is 347 g/mol. The highest BCUT2D eigenvalue weighted by Gasteiger charge is 2.33. The van der Waals surface area contributed by atoms with Gasteiger partial charge in [0.25, 0.3) is 0 Å². The first-order chi connectivity index (χ1) is 10.5. The van der Waals surface area contributed by atoms with E-state index in [2.05, 4.69) is 9.62 Å². The summed E-state index contributed by atoms with van der Waals surface area (Å²) in [6, 6.07) is 0.425. The van der Waals surface area contributed by atoms with Crippen LogP contribution in [0.4, 0.5) is 4.79 Å². The van der Waals surface area contributed by atoms with Gasteiger partial charge in [-0.15, -0.1) is 0 Å². The Morgan fingerprint density at radius 3 is 2.26 bits per heavy atom. The lowest BCUT2D eigenvalue weighted by molar-refractivity contribution is 0.0155. The quantitative estimate of drug-likeness (QED) is 0.824. The smallest absolute Gasteiger partial charge is 0.410 e. The molecule has 2 saturated heterocycles. The molecule has 0 aliphatic carbocycles. The van der Waals surface area contributed by atoms with Gasteiger partial charge in [-0.2, -0.15) is 0 Å². The number of hydrogen-bond acceptors (Lipinski definition) is 5. The Morgan fingerprint density at radius 2 is 1.74 bits per heavy atom. The molecule has 0 unspecified atom stereocenters. The summed E-state index contributed by atoms with van der Waals surface area (Å²) in [5.74, 6) is 0. The number of piperidine rings is 1. The van der Waals surface area contributed by atoms with Crippen LogP contribution >= 0.6 is 0 Å². The van der Waals surface area contributed by atoms with Gasteiger partial charge < -0.3 is 9.64 Å². The van der Waals surface area contributed by atoms with Crippen molar-refractivity contribution < 1.29 is 17.9 Å². The topological polar surface area (TPSA) is 79.0 Å². The number of rotatable bonds is 3. The average Bonchev–Trinajstić information content (AvgIpc) is 2.83. The van der Waals surface area contributed by atoms with E-state index in [0.29, 0.717) is 19.1 Å². The Hall–Kier alpha value is -0.860. The first-order valence-corrected chi connectivity index (χ1v) is 10.1. The Bertz CT molecular complexity index is 521. The van der Waals surface area contributed by atoms with Crippen molar-refractivity contribution in [3.05, 3.63) is 0 Å². The molecule has 2 aliphatic rings. The molecule has 23 heavy (non-hydrogen) atoms. The molecule has 0 radical (unpaired) electrons. The molecule has 0 spiro atoms. The summed E-state index contributed by atoms with van der Waals surface area (Å²) in [5.41, 5.74) is -0.465. The second-order valence-electron chi connectivity index (χ2n) is 7.57. The second kappa shape index (κ2) is 6.94. The first kappa shape index (κ1) is 18.5. The van der Waals surface area contributed by atoms with Gasteiger partial charge in [0, 0.05) is 38.3 Å². The lowest BCUT2D eigenvalue weighted by Crippen LogP contribution is -2.48. The van der Waals surface area contributed by atoms with E-state index in [1.807, 2.05) is 20.8 Å². The molecule has 0 aromatic heterocycles. The molecular formula is C15H29N3O4S. The Balaban J connectivity index is 1.78. The largest absolute Gasteiger partial charge is 0.444 e. The number of likely N-dealkylation sites (tertiary alicyclic amines) is 2. The van der Waals surface area contributed by atoms with Crippen LogP contribution in [0.3, 0.4) is 0 Å². The van der Waals surface area contributed by atoms with Gasteiger partial charge >= 0.3 is 6.09 Å². The molecule has 0 aromatic carbocycles. The van der Waals surface area contributed by atoms with E-state index in [9.17, 15) is 13.2 Å². The zero-order valence-electron chi connectivity index (χ0n) is 14.5. The van der Waals surface area contributed by atoms with Crippen molar-refractivity contribution in [2.45, 2.75) is 57.7 Å². The summed E-state index contributed by atoms with van der Waals surface area (Å²) in [6.45, 7) is 8.67. The van der Waals surface area contributed by atoms with E-state index < -0.39 is 15.6 Å². The first-order valence-electron chi connectivity index (χ1n) is 8.23. The van der Waals surface area contributed by atoms with Gasteiger partial charge in [0.15, 0.2) is 0 Å². The van der Waals surface area contributed by atoms with E-state index in [0.717, 1.165) is 32.4 Å². The standard InChI is InChI=1S/C15H29N3O4S/c1-15(2,3)22-14(19)17-9-6-13(7-10-17)18-8-5-12(11-18)16-23(4,20)21/h12-13,16H,5-11H2,1-4H3/t12-/m0/s1. The van der Waals surface area contributed by atoms with Gasteiger partial charge in [-0.1, -0.05) is 0 Å². The normalized spacial score (nSPS) is 24.9. The third-order valence-corrected chi connectivity index (χ3v) is 4.99. The maximum absolute atomic E-state index is 12.1. The van der Waals surface area contributed by atoms with Gasteiger partial charge in [0.05, 0.1) is 6.26 Å². The SMILES string of the molecule is CC(C)(C)OC(=O)N1CCC(N2CC[C@H](NS(C)(=O)=O)C2)CC1. The van der Waals surface area contributed by atoms with Gasteiger partial charge in [-0.05, 0) is 40.0 Å². The van der Waals surface area contributed by atoms with Gasteiger partial charge in [-0.3, -0.25) is 4.90 Å². The number of amides is 1. The van der Waals surface area contributed by atoms with Crippen LogP contribution in [0.1, 0.15) is 40.0 Å². The number of nitrogens with one attached hydrogen (secondary N) is 1. The van der Waals surface area contributed by atoms with E-state index in [1.165, 1.54) is 6.26 Å². The van der Waals surface area contributed by atoms with E-state index in [1.54, 1.807) is 4.90 Å². The van der Waals surface area contributed by atoms with Crippen LogP contribution in [0.15, 0.2) is 0 Å². The summed E-state index contributed by atoms with van der Waals surface area (Å²) in [4.78, 5) is 16.2. The number of nitrogens with zero attached hydrogens (tertiary/aromatic N) is 2. The minimum Gasteiger partial charge on any atom is -0.444 e. The van der Waals surface area contributed by atoms with Crippen LogP contribution in [0.25, 0.3) is 0 Å². The zero-order valence-corrected chi connectivity index (χ0v) is 15.4. The third-order valence-electron chi connectivity index (χ3n) is 4.23. The summed E-state index contributed by atoms with van der Waals surface area (Å²) in [7, 11) is -3.15. The minimum atomic E-state index is -3.15. The number of sulfonamides is 1. The van der Waals surface area contributed by atoms with Crippen LogP contribution in [-0.4, -0.2) is 74.4 Å². The third kappa shape index (κ3) is 5.93. The fourth-order valence-corrected chi connectivity index (χ4v) is 4.06. The van der Waals surface area contributed by atoms with Gasteiger partial charge in [0.1, 0.15) is 5.60 Å². The molecule has 0 aromatic rings. The lowest BCUT2D eigenvalue weighted by atomic mass is 10.0. The molecule has 0 saturated carbocycles. The van der Waals surface area contributed by atoms with Crippen LogP contribution in [-0.2, 0) is 14.8 Å². The molecule has 2 aliphatic heterocycles. The molecule has 134 valence electrons. The fraction of sp³-hybridized carbons (Fsp3) is 0.933. The second-order valence-corrected chi connectivity index (χ2v) is 9.35. The predicted molar refractivity (Wildman–Crippen MR) is 88.8 cm³/mol. The van der Waals surface area contributed by atoms with Crippen LogP contribution < -0.4 is 4.72 Å². The van der Waals surface area contributed by atoms with Gasteiger partial charge in [-0.25, -0.2) is 17.9 Å². The molecule has 1 atom stereocenters. The summed E-state index contributed by atoms with van der Waals surface area (Å²) in [6.07, 6.45) is 3.62. The molecule has 2 fully saturated rings. The Labute approximate surface area is 139 Å². The predicted octanol–water partition coefficient (Wildman–Crippen LogP) is 1.01. The van der Waals surface area contributed by atoms with E-state index in [-0.39, 0.29) is 12.1 Å². The fourth-order valence-electron chi connectivity index (χ4n) is 3.26. The van der Waals surface area contributed by atoms with Crippen molar-refractivity contribution in [3.8, 4) is 0 Å². The van der Waals surface area contributed by atoms with E-state index in [4.69, 9.17) is 4.74 Å². The molecule has 0 bridgehead atoms. The van der Waals surface area contributed by atoms with Crippen LogP contribution in [0.5, 0.6) is 0 Å². The highest BCUT2D eigenvalue weighted by atomic mass is 32.2. The molecule has 2 rings (SSSR count). The molecule has 1 N–H and O–H groups in total. The molecule has 1 amide bonds. The molecule has 8 heteroatoms. The van der Waals surface area contributed by atoms with Crippen molar-refractivity contribution >= 4 is 16.1 Å². The number of ether oxygens (including phenoxy) is 1.